The van der Waals surface area contributed by atoms with Crippen LogP contribution in [0.2, 0.25) is 0 Å². The Morgan fingerprint density at radius 3 is 2.30 bits per heavy atom. The van der Waals surface area contributed by atoms with Gasteiger partial charge in [-0.3, -0.25) is 9.10 Å². The third-order valence-electron chi connectivity index (χ3n) is 4.12. The van der Waals surface area contributed by atoms with Crippen LogP contribution in [0.3, 0.4) is 0 Å². The molecule has 1 atom stereocenters. The Hall–Kier alpha value is -2.61. The van der Waals surface area contributed by atoms with E-state index in [-0.39, 0.29) is 12.2 Å². The standard InChI is InChI=1S/C19H23FN2O4S/c1-14(22(27(4,24)25)17-11-9-16(20)10-12-17)19(23)21(2)13-15-7-5-6-8-18(15)26-3/h5-12,14H,13H2,1-4H3. The molecule has 0 spiro atoms. The van der Waals surface area contributed by atoms with E-state index < -0.39 is 27.8 Å². The summed E-state index contributed by atoms with van der Waals surface area (Å²) < 4.78 is 44.0. The highest BCUT2D eigenvalue weighted by molar-refractivity contribution is 7.92. The van der Waals surface area contributed by atoms with Gasteiger partial charge >= 0.3 is 0 Å². The van der Waals surface area contributed by atoms with Crippen LogP contribution in [0, 0.1) is 5.82 Å². The van der Waals surface area contributed by atoms with Gasteiger partial charge in [0.1, 0.15) is 17.6 Å². The van der Waals surface area contributed by atoms with Crippen molar-refractivity contribution in [3.05, 3.63) is 59.9 Å². The summed E-state index contributed by atoms with van der Waals surface area (Å²) in [5.74, 6) is -0.238. The van der Waals surface area contributed by atoms with Gasteiger partial charge in [-0.25, -0.2) is 12.8 Å². The predicted molar refractivity (Wildman–Crippen MR) is 103 cm³/mol. The fraction of sp³-hybridized carbons (Fsp3) is 0.316. The number of anilines is 1. The molecule has 1 amide bonds. The third-order valence-corrected chi connectivity index (χ3v) is 5.37. The second-order valence-corrected chi connectivity index (χ2v) is 8.08. The van der Waals surface area contributed by atoms with Gasteiger partial charge in [0.2, 0.25) is 15.9 Å². The molecule has 0 saturated carbocycles. The number of amides is 1. The van der Waals surface area contributed by atoms with Gasteiger partial charge in [-0.15, -0.1) is 0 Å². The Bertz CT molecular complexity index is 900. The molecule has 2 aromatic rings. The van der Waals surface area contributed by atoms with Gasteiger partial charge in [0, 0.05) is 19.2 Å². The Morgan fingerprint density at radius 1 is 1.15 bits per heavy atom. The van der Waals surface area contributed by atoms with E-state index in [1.54, 1.807) is 20.2 Å². The maximum absolute atomic E-state index is 13.2. The van der Waals surface area contributed by atoms with Crippen LogP contribution in [-0.2, 0) is 21.4 Å². The average molecular weight is 394 g/mol. The maximum atomic E-state index is 13.2. The van der Waals surface area contributed by atoms with Crippen molar-refractivity contribution in [2.45, 2.75) is 19.5 Å². The number of ether oxygens (including phenoxy) is 1. The van der Waals surface area contributed by atoms with Crippen LogP contribution < -0.4 is 9.04 Å². The number of rotatable bonds is 7. The molecule has 27 heavy (non-hydrogen) atoms. The van der Waals surface area contributed by atoms with Crippen molar-refractivity contribution in [3.63, 3.8) is 0 Å². The molecule has 0 N–H and O–H groups in total. The zero-order valence-corrected chi connectivity index (χ0v) is 16.5. The predicted octanol–water partition coefficient (Wildman–Crippen LogP) is 2.65. The van der Waals surface area contributed by atoms with Crippen molar-refractivity contribution in [2.24, 2.45) is 0 Å². The molecule has 0 aliphatic rings. The van der Waals surface area contributed by atoms with E-state index in [4.69, 9.17) is 4.74 Å². The molecule has 2 aromatic carbocycles. The first-order chi connectivity index (χ1) is 12.6. The smallest absolute Gasteiger partial charge is 0.246 e. The molecule has 2 rings (SSSR count). The van der Waals surface area contributed by atoms with Gasteiger partial charge in [-0.2, -0.15) is 0 Å². The summed E-state index contributed by atoms with van der Waals surface area (Å²) in [6.07, 6.45) is 1.01. The number of nitrogens with zero attached hydrogens (tertiary/aromatic N) is 2. The number of sulfonamides is 1. The largest absolute Gasteiger partial charge is 0.496 e. The minimum atomic E-state index is -3.76. The Morgan fingerprint density at radius 2 is 1.74 bits per heavy atom. The second kappa shape index (κ2) is 8.39. The fourth-order valence-electron chi connectivity index (χ4n) is 2.88. The van der Waals surface area contributed by atoms with E-state index in [0.717, 1.165) is 28.3 Å². The summed E-state index contributed by atoms with van der Waals surface area (Å²) in [5.41, 5.74) is 1.03. The molecule has 8 heteroatoms. The highest BCUT2D eigenvalue weighted by atomic mass is 32.2. The molecule has 0 fully saturated rings. The molecule has 0 aliphatic heterocycles. The van der Waals surface area contributed by atoms with Crippen molar-refractivity contribution in [3.8, 4) is 5.75 Å². The first kappa shape index (κ1) is 20.7. The van der Waals surface area contributed by atoms with Crippen LogP contribution >= 0.6 is 0 Å². The normalized spacial score (nSPS) is 12.3. The van der Waals surface area contributed by atoms with Crippen LogP contribution in [0.1, 0.15) is 12.5 Å². The number of carbonyl (C=O) groups is 1. The number of halogens is 1. The number of likely N-dealkylation sites (N-methyl/N-ethyl adjacent to an activating group) is 1. The molecule has 1 unspecified atom stereocenters. The van der Waals surface area contributed by atoms with E-state index in [2.05, 4.69) is 0 Å². The van der Waals surface area contributed by atoms with Gasteiger partial charge in [0.05, 0.1) is 19.1 Å². The van der Waals surface area contributed by atoms with Crippen LogP contribution in [0.5, 0.6) is 5.75 Å². The van der Waals surface area contributed by atoms with Crippen LogP contribution in [-0.4, -0.2) is 45.7 Å². The minimum absolute atomic E-state index is 0.227. The summed E-state index contributed by atoms with van der Waals surface area (Å²) in [6, 6.07) is 11.3. The lowest BCUT2D eigenvalue weighted by Crippen LogP contribution is -2.48. The fourth-order valence-corrected chi connectivity index (χ4v) is 4.05. The van der Waals surface area contributed by atoms with Gasteiger partial charge in [0.15, 0.2) is 0 Å². The van der Waals surface area contributed by atoms with E-state index in [1.165, 1.54) is 24.0 Å². The summed E-state index contributed by atoms with van der Waals surface area (Å²) in [7, 11) is -0.617. The molecule has 146 valence electrons. The SMILES string of the molecule is COc1ccccc1CN(C)C(=O)C(C)N(c1ccc(F)cc1)S(C)(=O)=O. The highest BCUT2D eigenvalue weighted by Crippen LogP contribution is 2.23. The molecule has 0 aromatic heterocycles. The summed E-state index contributed by atoms with van der Waals surface area (Å²) in [6.45, 7) is 1.76. The zero-order chi connectivity index (χ0) is 20.2. The summed E-state index contributed by atoms with van der Waals surface area (Å²) >= 11 is 0. The number of hydrogen-bond donors (Lipinski definition) is 0. The minimum Gasteiger partial charge on any atom is -0.496 e. The molecule has 0 bridgehead atoms. The van der Waals surface area contributed by atoms with E-state index in [1.807, 2.05) is 18.2 Å². The quantitative estimate of drug-likeness (QED) is 0.724. The van der Waals surface area contributed by atoms with Gasteiger partial charge in [-0.05, 0) is 37.3 Å². The van der Waals surface area contributed by atoms with E-state index in [0.29, 0.717) is 5.75 Å². The maximum Gasteiger partial charge on any atom is 0.246 e. The molecule has 0 radical (unpaired) electrons. The van der Waals surface area contributed by atoms with Gasteiger partial charge < -0.3 is 9.64 Å². The topological polar surface area (TPSA) is 66.9 Å². The van der Waals surface area contributed by atoms with E-state index >= 15 is 0 Å². The Balaban J connectivity index is 2.27. The number of hydrogen-bond acceptors (Lipinski definition) is 4. The first-order valence-corrected chi connectivity index (χ1v) is 10.1. The lowest BCUT2D eigenvalue weighted by atomic mass is 10.1. The number of para-hydroxylation sites is 1. The number of methoxy groups -OCH3 is 1. The zero-order valence-electron chi connectivity index (χ0n) is 15.7. The van der Waals surface area contributed by atoms with Crippen molar-refractivity contribution in [1.82, 2.24) is 4.90 Å². The summed E-state index contributed by atoms with van der Waals surface area (Å²) in [5, 5.41) is 0. The van der Waals surface area contributed by atoms with Crippen molar-refractivity contribution < 1.29 is 22.3 Å². The van der Waals surface area contributed by atoms with Crippen molar-refractivity contribution in [2.75, 3.05) is 24.7 Å². The lowest BCUT2D eigenvalue weighted by molar-refractivity contribution is -0.131. The molecular formula is C19H23FN2O4S. The van der Waals surface area contributed by atoms with Crippen LogP contribution in [0.15, 0.2) is 48.5 Å². The van der Waals surface area contributed by atoms with Gasteiger partial charge in [-0.1, -0.05) is 18.2 Å². The van der Waals surface area contributed by atoms with Gasteiger partial charge in [0.25, 0.3) is 0 Å². The average Bonchev–Trinajstić information content (AvgIpc) is 2.62. The summed E-state index contributed by atoms with van der Waals surface area (Å²) in [4.78, 5) is 14.3. The van der Waals surface area contributed by atoms with E-state index in [9.17, 15) is 17.6 Å². The Kier molecular flexibility index (Phi) is 6.43. The first-order valence-electron chi connectivity index (χ1n) is 8.27. The molecule has 6 nitrogen and oxygen atoms in total. The number of carbonyl (C=O) groups excluding carboxylic acids is 1. The number of benzene rings is 2. The molecule has 0 saturated heterocycles. The molecule has 0 aliphatic carbocycles. The highest BCUT2D eigenvalue weighted by Gasteiger charge is 2.31. The monoisotopic (exact) mass is 394 g/mol. The Labute approximate surface area is 159 Å². The van der Waals surface area contributed by atoms with Crippen LogP contribution in [0.25, 0.3) is 0 Å². The van der Waals surface area contributed by atoms with Crippen LogP contribution in [0.4, 0.5) is 10.1 Å². The van der Waals surface area contributed by atoms with Crippen molar-refractivity contribution >= 4 is 21.6 Å². The molecular weight excluding hydrogens is 371 g/mol. The second-order valence-electron chi connectivity index (χ2n) is 6.22. The third kappa shape index (κ3) is 4.97. The lowest BCUT2D eigenvalue weighted by Gasteiger charge is -2.31. The van der Waals surface area contributed by atoms with Crippen molar-refractivity contribution in [1.29, 1.82) is 0 Å². The molecule has 0 heterocycles.